The number of benzene rings is 3. The molecule has 29 heavy (non-hydrogen) atoms. The molecule has 8 heteroatoms. The summed E-state index contributed by atoms with van der Waals surface area (Å²) in [5, 5.41) is 12.2. The molecule has 0 saturated carbocycles. The van der Waals surface area contributed by atoms with Gasteiger partial charge in [0.1, 0.15) is 22.5 Å². The highest BCUT2D eigenvalue weighted by molar-refractivity contribution is 6.32. The standard InChI is InChI=1S/C21H17ClN4O3/c1-28-16-7-5-15(6-8-16)26-24-18-9-4-14(12-19(18)25-26)23-21(27)13-3-10-20(29-2)17(22)11-13/h3-12H,1-2H3,(H,23,27). The number of aromatic nitrogens is 3. The van der Waals surface area contributed by atoms with E-state index < -0.39 is 0 Å². The number of nitrogens with one attached hydrogen (secondary N) is 1. The third-order valence-electron chi connectivity index (χ3n) is 4.36. The zero-order valence-corrected chi connectivity index (χ0v) is 16.5. The van der Waals surface area contributed by atoms with E-state index in [0.29, 0.717) is 33.1 Å². The first-order valence-electron chi connectivity index (χ1n) is 8.74. The molecule has 7 nitrogen and oxygen atoms in total. The minimum absolute atomic E-state index is 0.281. The van der Waals surface area contributed by atoms with Crippen LogP contribution >= 0.6 is 11.6 Å². The maximum atomic E-state index is 12.5. The third kappa shape index (κ3) is 3.86. The van der Waals surface area contributed by atoms with E-state index >= 15 is 0 Å². The molecule has 1 amide bonds. The number of fused-ring (bicyclic) bond motifs is 1. The summed E-state index contributed by atoms with van der Waals surface area (Å²) in [6, 6.07) is 17.6. The Morgan fingerprint density at radius 1 is 0.931 bits per heavy atom. The molecule has 0 aliphatic rings. The first-order chi connectivity index (χ1) is 14.1. The second-order valence-electron chi connectivity index (χ2n) is 6.19. The maximum absolute atomic E-state index is 12.5. The Labute approximate surface area is 171 Å². The van der Waals surface area contributed by atoms with Gasteiger partial charge in [-0.25, -0.2) is 0 Å². The number of amides is 1. The van der Waals surface area contributed by atoms with E-state index in [4.69, 9.17) is 21.1 Å². The van der Waals surface area contributed by atoms with Crippen molar-refractivity contribution in [1.29, 1.82) is 0 Å². The Morgan fingerprint density at radius 3 is 2.38 bits per heavy atom. The van der Waals surface area contributed by atoms with Crippen LogP contribution in [0.25, 0.3) is 16.7 Å². The van der Waals surface area contributed by atoms with Gasteiger partial charge in [-0.05, 0) is 60.7 Å². The average Bonchev–Trinajstić information content (AvgIpc) is 3.17. The molecule has 1 N–H and O–H groups in total. The summed E-state index contributed by atoms with van der Waals surface area (Å²) in [6.07, 6.45) is 0. The lowest BCUT2D eigenvalue weighted by Gasteiger charge is -2.07. The van der Waals surface area contributed by atoms with Gasteiger partial charge in [0.2, 0.25) is 0 Å². The zero-order chi connectivity index (χ0) is 20.4. The second-order valence-corrected chi connectivity index (χ2v) is 6.60. The van der Waals surface area contributed by atoms with E-state index in [0.717, 1.165) is 11.4 Å². The summed E-state index contributed by atoms with van der Waals surface area (Å²) in [5.74, 6) is 0.991. The first kappa shape index (κ1) is 18.8. The van der Waals surface area contributed by atoms with Crippen molar-refractivity contribution in [3.05, 3.63) is 71.2 Å². The lowest BCUT2D eigenvalue weighted by Crippen LogP contribution is -2.11. The Kier molecular flexibility index (Phi) is 5.05. The van der Waals surface area contributed by atoms with Crippen molar-refractivity contribution in [3.63, 3.8) is 0 Å². The summed E-state index contributed by atoms with van der Waals surface area (Å²) in [7, 11) is 3.14. The van der Waals surface area contributed by atoms with Gasteiger partial charge in [-0.2, -0.15) is 4.80 Å². The van der Waals surface area contributed by atoms with Crippen molar-refractivity contribution in [2.24, 2.45) is 0 Å². The van der Waals surface area contributed by atoms with Crippen LogP contribution in [0.5, 0.6) is 11.5 Å². The molecular formula is C21H17ClN4O3. The molecule has 3 aromatic carbocycles. The summed E-state index contributed by atoms with van der Waals surface area (Å²) in [5.41, 5.74) is 3.21. The van der Waals surface area contributed by atoms with Crippen LogP contribution in [0, 0.1) is 0 Å². The number of ether oxygens (including phenoxy) is 2. The number of methoxy groups -OCH3 is 2. The quantitative estimate of drug-likeness (QED) is 0.531. The highest BCUT2D eigenvalue weighted by atomic mass is 35.5. The molecule has 0 unspecified atom stereocenters. The number of carbonyl (C=O) groups excluding carboxylic acids is 1. The maximum Gasteiger partial charge on any atom is 0.255 e. The molecular weight excluding hydrogens is 392 g/mol. The third-order valence-corrected chi connectivity index (χ3v) is 4.65. The van der Waals surface area contributed by atoms with E-state index in [9.17, 15) is 4.79 Å². The fraction of sp³-hybridized carbons (Fsp3) is 0.0952. The van der Waals surface area contributed by atoms with Gasteiger partial charge in [0.25, 0.3) is 5.91 Å². The predicted molar refractivity (Wildman–Crippen MR) is 111 cm³/mol. The molecule has 4 rings (SSSR count). The molecule has 0 radical (unpaired) electrons. The Morgan fingerprint density at radius 2 is 1.69 bits per heavy atom. The molecule has 0 bridgehead atoms. The van der Waals surface area contributed by atoms with Crippen molar-refractivity contribution in [2.45, 2.75) is 0 Å². The number of anilines is 1. The molecule has 1 aromatic heterocycles. The van der Waals surface area contributed by atoms with Crippen molar-refractivity contribution in [2.75, 3.05) is 19.5 Å². The Hall–Kier alpha value is -3.58. The molecule has 0 saturated heterocycles. The van der Waals surface area contributed by atoms with Crippen molar-refractivity contribution < 1.29 is 14.3 Å². The van der Waals surface area contributed by atoms with Gasteiger partial charge in [-0.3, -0.25) is 4.79 Å². The predicted octanol–water partition coefficient (Wildman–Crippen LogP) is 4.34. The van der Waals surface area contributed by atoms with Crippen LogP contribution in [0.2, 0.25) is 5.02 Å². The number of halogens is 1. The molecule has 0 fully saturated rings. The molecule has 0 aliphatic carbocycles. The molecule has 146 valence electrons. The lowest BCUT2D eigenvalue weighted by molar-refractivity contribution is 0.102. The fourth-order valence-electron chi connectivity index (χ4n) is 2.83. The highest BCUT2D eigenvalue weighted by Crippen LogP contribution is 2.26. The van der Waals surface area contributed by atoms with E-state index in [2.05, 4.69) is 15.5 Å². The van der Waals surface area contributed by atoms with E-state index in [-0.39, 0.29) is 5.91 Å². The molecule has 0 aliphatic heterocycles. The fourth-order valence-corrected chi connectivity index (χ4v) is 3.09. The van der Waals surface area contributed by atoms with Gasteiger partial charge in [0, 0.05) is 11.3 Å². The van der Waals surface area contributed by atoms with E-state index in [1.807, 2.05) is 24.3 Å². The lowest BCUT2D eigenvalue weighted by atomic mass is 10.2. The van der Waals surface area contributed by atoms with Gasteiger partial charge in [0.05, 0.1) is 24.9 Å². The highest BCUT2D eigenvalue weighted by Gasteiger charge is 2.11. The second kappa shape index (κ2) is 7.81. The van der Waals surface area contributed by atoms with Crippen LogP contribution < -0.4 is 14.8 Å². The van der Waals surface area contributed by atoms with Crippen molar-refractivity contribution >= 4 is 34.2 Å². The number of hydrogen-bond donors (Lipinski definition) is 1. The largest absolute Gasteiger partial charge is 0.497 e. The van der Waals surface area contributed by atoms with Crippen LogP contribution in [0.3, 0.4) is 0 Å². The summed E-state index contributed by atoms with van der Waals surface area (Å²) in [6.45, 7) is 0. The molecule has 4 aromatic rings. The van der Waals surface area contributed by atoms with Gasteiger partial charge < -0.3 is 14.8 Å². The number of hydrogen-bond acceptors (Lipinski definition) is 5. The van der Waals surface area contributed by atoms with Crippen molar-refractivity contribution in [3.8, 4) is 17.2 Å². The van der Waals surface area contributed by atoms with Crippen LogP contribution in [0.15, 0.2) is 60.7 Å². The van der Waals surface area contributed by atoms with Crippen LogP contribution in [0.1, 0.15) is 10.4 Å². The minimum Gasteiger partial charge on any atom is -0.497 e. The monoisotopic (exact) mass is 408 g/mol. The Balaban J connectivity index is 1.57. The Bertz CT molecular complexity index is 1190. The average molecular weight is 409 g/mol. The summed E-state index contributed by atoms with van der Waals surface area (Å²) >= 11 is 6.10. The van der Waals surface area contributed by atoms with Gasteiger partial charge >= 0.3 is 0 Å². The first-order valence-corrected chi connectivity index (χ1v) is 9.11. The number of nitrogens with zero attached hydrogens (tertiary/aromatic N) is 3. The molecule has 0 atom stereocenters. The normalized spacial score (nSPS) is 10.7. The van der Waals surface area contributed by atoms with Crippen LogP contribution in [-0.4, -0.2) is 35.1 Å². The minimum atomic E-state index is -0.281. The molecule has 0 spiro atoms. The SMILES string of the molecule is COc1ccc(-n2nc3ccc(NC(=O)c4ccc(OC)c(Cl)c4)cc3n2)cc1. The van der Waals surface area contributed by atoms with E-state index in [1.54, 1.807) is 48.3 Å². The topological polar surface area (TPSA) is 78.3 Å². The molecule has 1 heterocycles. The van der Waals surface area contributed by atoms with Gasteiger partial charge in [0.15, 0.2) is 0 Å². The summed E-state index contributed by atoms with van der Waals surface area (Å²) in [4.78, 5) is 14.1. The number of carbonyl (C=O) groups is 1. The van der Waals surface area contributed by atoms with Crippen LogP contribution in [-0.2, 0) is 0 Å². The van der Waals surface area contributed by atoms with Crippen molar-refractivity contribution in [1.82, 2.24) is 15.0 Å². The van der Waals surface area contributed by atoms with Crippen LogP contribution in [0.4, 0.5) is 5.69 Å². The van der Waals surface area contributed by atoms with Gasteiger partial charge in [-0.15, -0.1) is 10.2 Å². The number of rotatable bonds is 5. The van der Waals surface area contributed by atoms with Gasteiger partial charge in [-0.1, -0.05) is 11.6 Å². The summed E-state index contributed by atoms with van der Waals surface area (Å²) < 4.78 is 10.3. The zero-order valence-electron chi connectivity index (χ0n) is 15.7. The van der Waals surface area contributed by atoms with E-state index in [1.165, 1.54) is 7.11 Å². The smallest absolute Gasteiger partial charge is 0.255 e.